The van der Waals surface area contributed by atoms with Crippen LogP contribution in [-0.2, 0) is 21.4 Å². The lowest BCUT2D eigenvalue weighted by Crippen LogP contribution is -3.15. The Morgan fingerprint density at radius 3 is 2.48 bits per heavy atom. The molecule has 1 heterocycles. The van der Waals surface area contributed by atoms with Gasteiger partial charge in [-0.15, -0.1) is 0 Å². The normalized spacial score (nSPS) is 15.8. The van der Waals surface area contributed by atoms with Gasteiger partial charge in [0.1, 0.15) is 5.75 Å². The first-order chi connectivity index (χ1) is 13.9. The number of nitrogens with one attached hydrogen (secondary N) is 2. The Labute approximate surface area is 172 Å². The summed E-state index contributed by atoms with van der Waals surface area (Å²) in [6, 6.07) is 14.5. The van der Waals surface area contributed by atoms with Crippen molar-refractivity contribution < 1.29 is 22.8 Å². The molecule has 1 amide bonds. The maximum Gasteiger partial charge on any atom is 0.275 e. The largest absolute Gasteiger partial charge is 0.497 e. The molecule has 1 saturated heterocycles. The zero-order valence-electron chi connectivity index (χ0n) is 16.8. The highest BCUT2D eigenvalue weighted by Gasteiger charge is 2.31. The predicted octanol–water partition coefficient (Wildman–Crippen LogP) is 0.209. The summed E-state index contributed by atoms with van der Waals surface area (Å²) >= 11 is 0. The number of piperazine rings is 1. The third-order valence-electron chi connectivity index (χ3n) is 5.12. The van der Waals surface area contributed by atoms with E-state index in [1.165, 1.54) is 4.31 Å². The van der Waals surface area contributed by atoms with E-state index in [1.807, 2.05) is 31.2 Å². The predicted molar refractivity (Wildman–Crippen MR) is 110 cm³/mol. The molecule has 7 nitrogen and oxygen atoms in total. The minimum Gasteiger partial charge on any atom is -0.497 e. The molecule has 0 aliphatic carbocycles. The first-order valence-corrected chi connectivity index (χ1v) is 11.1. The van der Waals surface area contributed by atoms with Crippen LogP contribution < -0.4 is 15.0 Å². The fraction of sp³-hybridized carbons (Fsp3) is 0.381. The van der Waals surface area contributed by atoms with Gasteiger partial charge in [0.15, 0.2) is 6.54 Å². The zero-order chi connectivity index (χ0) is 20.9. The van der Waals surface area contributed by atoms with Crippen molar-refractivity contribution in [2.75, 3.05) is 39.8 Å². The van der Waals surface area contributed by atoms with E-state index in [9.17, 15) is 13.2 Å². The molecule has 0 bridgehead atoms. The number of carbonyl (C=O) groups is 1. The van der Waals surface area contributed by atoms with E-state index in [-0.39, 0.29) is 5.91 Å². The molecule has 156 valence electrons. The number of ether oxygens (including phenoxy) is 1. The number of methoxy groups -OCH3 is 1. The van der Waals surface area contributed by atoms with E-state index in [0.717, 1.165) is 21.8 Å². The van der Waals surface area contributed by atoms with Crippen LogP contribution in [0.5, 0.6) is 5.75 Å². The molecule has 2 aromatic carbocycles. The third kappa shape index (κ3) is 5.56. The molecule has 0 aromatic heterocycles. The van der Waals surface area contributed by atoms with E-state index in [1.54, 1.807) is 31.4 Å². The van der Waals surface area contributed by atoms with E-state index in [4.69, 9.17) is 4.74 Å². The van der Waals surface area contributed by atoms with Crippen LogP contribution in [0.25, 0.3) is 0 Å². The zero-order valence-corrected chi connectivity index (χ0v) is 17.7. The summed E-state index contributed by atoms with van der Waals surface area (Å²) in [6.07, 6.45) is 0. The van der Waals surface area contributed by atoms with E-state index in [0.29, 0.717) is 44.2 Å². The molecule has 8 heteroatoms. The van der Waals surface area contributed by atoms with Crippen molar-refractivity contribution in [3.8, 4) is 5.75 Å². The molecular formula is C21H28N3O4S+. The van der Waals surface area contributed by atoms with Gasteiger partial charge >= 0.3 is 0 Å². The third-order valence-corrected chi connectivity index (χ3v) is 7.04. The highest BCUT2D eigenvalue weighted by molar-refractivity contribution is 7.89. The van der Waals surface area contributed by atoms with Crippen LogP contribution in [0.4, 0.5) is 0 Å². The first kappa shape index (κ1) is 21.3. The molecular weight excluding hydrogens is 390 g/mol. The van der Waals surface area contributed by atoms with Gasteiger partial charge in [-0.2, -0.15) is 4.31 Å². The molecule has 0 radical (unpaired) electrons. The first-order valence-electron chi connectivity index (χ1n) is 9.68. The molecule has 1 aliphatic rings. The highest BCUT2D eigenvalue weighted by atomic mass is 32.2. The van der Waals surface area contributed by atoms with Gasteiger partial charge in [0.2, 0.25) is 10.0 Å². The van der Waals surface area contributed by atoms with Crippen LogP contribution in [0.1, 0.15) is 11.1 Å². The lowest BCUT2D eigenvalue weighted by Gasteiger charge is -2.31. The number of sulfonamides is 1. The van der Waals surface area contributed by atoms with Gasteiger partial charge in [-0.3, -0.25) is 4.79 Å². The Hall–Kier alpha value is -2.42. The molecule has 0 saturated carbocycles. The second kappa shape index (κ2) is 9.39. The van der Waals surface area contributed by atoms with Crippen molar-refractivity contribution in [2.24, 2.45) is 0 Å². The number of amides is 1. The standard InChI is InChI=1S/C21H27N3O4S/c1-17-6-8-20(9-7-17)29(26,27)24-12-10-23(11-13-24)16-21(25)22-15-18-4-3-5-19(14-18)28-2/h3-9,14H,10-13,15-16H2,1-2H3,(H,22,25)/p+1. The molecule has 0 unspecified atom stereocenters. The van der Waals surface area contributed by atoms with Crippen molar-refractivity contribution in [3.05, 3.63) is 59.7 Å². The van der Waals surface area contributed by atoms with Crippen LogP contribution in [0.2, 0.25) is 0 Å². The van der Waals surface area contributed by atoms with Crippen molar-refractivity contribution in [3.63, 3.8) is 0 Å². The van der Waals surface area contributed by atoms with Crippen molar-refractivity contribution in [1.82, 2.24) is 9.62 Å². The second-order valence-corrected chi connectivity index (χ2v) is 9.21. The van der Waals surface area contributed by atoms with Crippen LogP contribution in [0.3, 0.4) is 0 Å². The van der Waals surface area contributed by atoms with Crippen molar-refractivity contribution in [2.45, 2.75) is 18.4 Å². The Morgan fingerprint density at radius 1 is 1.14 bits per heavy atom. The molecule has 1 aliphatic heterocycles. The van der Waals surface area contributed by atoms with Crippen molar-refractivity contribution in [1.29, 1.82) is 0 Å². The number of benzene rings is 2. The fourth-order valence-corrected chi connectivity index (χ4v) is 4.79. The van der Waals surface area contributed by atoms with Gasteiger partial charge in [-0.1, -0.05) is 29.8 Å². The lowest BCUT2D eigenvalue weighted by atomic mass is 10.2. The minimum absolute atomic E-state index is 0.0438. The molecule has 3 rings (SSSR count). The van der Waals surface area contributed by atoms with Gasteiger partial charge in [-0.25, -0.2) is 8.42 Å². The summed E-state index contributed by atoms with van der Waals surface area (Å²) in [5.41, 5.74) is 2.00. The summed E-state index contributed by atoms with van der Waals surface area (Å²) in [6.45, 7) is 4.75. The Bertz CT molecular complexity index is 937. The minimum atomic E-state index is -3.48. The molecule has 1 fully saturated rings. The summed E-state index contributed by atoms with van der Waals surface area (Å²) in [4.78, 5) is 13.7. The number of hydrogen-bond donors (Lipinski definition) is 2. The Kier molecular flexibility index (Phi) is 6.89. The number of carbonyl (C=O) groups excluding carboxylic acids is 1. The average molecular weight is 419 g/mol. The van der Waals surface area contributed by atoms with Crippen molar-refractivity contribution >= 4 is 15.9 Å². The Morgan fingerprint density at radius 2 is 1.83 bits per heavy atom. The number of rotatable bonds is 7. The number of hydrogen-bond acceptors (Lipinski definition) is 4. The molecule has 29 heavy (non-hydrogen) atoms. The van der Waals surface area contributed by atoms with Gasteiger partial charge in [0.25, 0.3) is 5.91 Å². The second-order valence-electron chi connectivity index (χ2n) is 7.27. The SMILES string of the molecule is COc1cccc(CNC(=O)C[NH+]2CCN(S(=O)(=O)c3ccc(C)cc3)CC2)c1. The number of nitrogens with zero attached hydrogens (tertiary/aromatic N) is 1. The van der Waals surface area contributed by atoms with E-state index in [2.05, 4.69) is 5.32 Å². The molecule has 0 atom stereocenters. The maximum absolute atomic E-state index is 12.8. The number of aryl methyl sites for hydroxylation is 1. The highest BCUT2D eigenvalue weighted by Crippen LogP contribution is 2.16. The monoisotopic (exact) mass is 418 g/mol. The van der Waals surface area contributed by atoms with Gasteiger partial charge in [-0.05, 0) is 36.8 Å². The van der Waals surface area contributed by atoms with E-state index < -0.39 is 10.0 Å². The number of quaternary nitrogens is 1. The summed E-state index contributed by atoms with van der Waals surface area (Å²) in [7, 11) is -1.87. The van der Waals surface area contributed by atoms with Gasteiger partial charge in [0, 0.05) is 6.54 Å². The molecule has 2 aromatic rings. The summed E-state index contributed by atoms with van der Waals surface area (Å²) in [5, 5.41) is 2.92. The topological polar surface area (TPSA) is 80.2 Å². The van der Waals surface area contributed by atoms with Crippen LogP contribution in [0, 0.1) is 6.92 Å². The smallest absolute Gasteiger partial charge is 0.275 e. The quantitative estimate of drug-likeness (QED) is 0.674. The fourth-order valence-electron chi connectivity index (χ4n) is 3.35. The average Bonchev–Trinajstić information content (AvgIpc) is 2.73. The van der Waals surface area contributed by atoms with Gasteiger partial charge < -0.3 is 15.0 Å². The van der Waals surface area contributed by atoms with Crippen LogP contribution >= 0.6 is 0 Å². The molecule has 0 spiro atoms. The summed E-state index contributed by atoms with van der Waals surface area (Å²) in [5.74, 6) is 0.714. The summed E-state index contributed by atoms with van der Waals surface area (Å²) < 4.78 is 32.2. The van der Waals surface area contributed by atoms with Gasteiger partial charge in [0.05, 0.1) is 38.2 Å². The Balaban J connectivity index is 1.47. The van der Waals surface area contributed by atoms with E-state index >= 15 is 0 Å². The lowest BCUT2D eigenvalue weighted by molar-refractivity contribution is -0.895. The molecule has 2 N–H and O–H groups in total. The maximum atomic E-state index is 12.8. The van der Waals surface area contributed by atoms with Crippen LogP contribution in [0.15, 0.2) is 53.4 Å². The van der Waals surface area contributed by atoms with Crippen LogP contribution in [-0.4, -0.2) is 58.5 Å².